The van der Waals surface area contributed by atoms with Gasteiger partial charge in [-0.3, -0.25) is 14.5 Å². The van der Waals surface area contributed by atoms with Gasteiger partial charge in [-0.05, 0) is 29.8 Å². The fourth-order valence-corrected chi connectivity index (χ4v) is 2.57. The first-order valence-electron chi connectivity index (χ1n) is 5.97. The summed E-state index contributed by atoms with van der Waals surface area (Å²) in [6.45, 7) is 0.156. The summed E-state index contributed by atoms with van der Waals surface area (Å²) in [7, 11) is 0. The molecule has 0 radical (unpaired) electrons. The number of nitrogens with zero attached hydrogens (tertiary/aromatic N) is 1. The summed E-state index contributed by atoms with van der Waals surface area (Å²) in [5.74, 6) is -0.658. The summed E-state index contributed by atoms with van der Waals surface area (Å²) in [6, 6.07) is 11.8. The third-order valence-electron chi connectivity index (χ3n) is 3.22. The summed E-state index contributed by atoms with van der Waals surface area (Å²) < 4.78 is 0. The minimum Gasteiger partial charge on any atom is -0.270 e. The Bertz CT molecular complexity index is 728. The second-order valence-corrected chi connectivity index (χ2v) is 5.32. The highest BCUT2D eigenvalue weighted by Crippen LogP contribution is 2.28. The van der Waals surface area contributed by atoms with Crippen molar-refractivity contribution in [3.8, 4) is 0 Å². The van der Waals surface area contributed by atoms with Gasteiger partial charge in [-0.15, -0.1) is 0 Å². The van der Waals surface area contributed by atoms with Gasteiger partial charge in [0.25, 0.3) is 11.8 Å². The van der Waals surface area contributed by atoms with Crippen LogP contribution in [0.3, 0.4) is 0 Å². The fraction of sp³-hybridized carbons (Fsp3) is 0.0667. The Kier molecular flexibility index (Phi) is 3.24. The van der Waals surface area contributed by atoms with Crippen molar-refractivity contribution in [2.75, 3.05) is 0 Å². The number of benzene rings is 2. The van der Waals surface area contributed by atoms with Crippen LogP contribution in [-0.2, 0) is 6.54 Å². The van der Waals surface area contributed by atoms with Crippen LogP contribution in [0.2, 0.25) is 10.0 Å². The molecule has 2 aromatic rings. The zero-order valence-electron chi connectivity index (χ0n) is 10.3. The maximum Gasteiger partial charge on any atom is 0.261 e. The quantitative estimate of drug-likeness (QED) is 0.792. The molecule has 1 aliphatic rings. The minimum atomic E-state index is -0.340. The molecule has 3 nitrogen and oxygen atoms in total. The molecule has 0 unspecified atom stereocenters. The summed E-state index contributed by atoms with van der Waals surface area (Å²) in [4.78, 5) is 25.7. The summed E-state index contributed by atoms with van der Waals surface area (Å²) in [5, 5.41) is 0.964. The molecule has 0 saturated carbocycles. The Hall–Kier alpha value is -1.84. The minimum absolute atomic E-state index is 0.156. The monoisotopic (exact) mass is 305 g/mol. The SMILES string of the molecule is O=C1c2ccc(Cl)cc2C(=O)N1Cc1ccccc1Cl. The number of carbonyl (C=O) groups is 2. The molecule has 1 heterocycles. The molecule has 0 saturated heterocycles. The van der Waals surface area contributed by atoms with Crippen molar-refractivity contribution >= 4 is 35.0 Å². The molecule has 0 fully saturated rings. The number of fused-ring (bicyclic) bond motifs is 1. The number of carbonyl (C=O) groups excluding carboxylic acids is 2. The largest absolute Gasteiger partial charge is 0.270 e. The van der Waals surface area contributed by atoms with E-state index in [4.69, 9.17) is 23.2 Å². The molecule has 2 aromatic carbocycles. The summed E-state index contributed by atoms with van der Waals surface area (Å²) >= 11 is 11.9. The van der Waals surface area contributed by atoms with E-state index < -0.39 is 0 Å². The molecule has 0 N–H and O–H groups in total. The average molecular weight is 306 g/mol. The first-order chi connectivity index (χ1) is 9.58. The van der Waals surface area contributed by atoms with Gasteiger partial charge in [-0.1, -0.05) is 41.4 Å². The summed E-state index contributed by atoms with van der Waals surface area (Å²) in [6.07, 6.45) is 0. The van der Waals surface area contributed by atoms with Crippen molar-refractivity contribution < 1.29 is 9.59 Å². The number of hydrogen-bond donors (Lipinski definition) is 0. The smallest absolute Gasteiger partial charge is 0.261 e. The standard InChI is InChI=1S/C15H9Cl2NO2/c16-10-5-6-11-12(7-10)15(20)18(14(11)19)8-9-3-1-2-4-13(9)17/h1-7H,8H2. The third kappa shape index (κ3) is 2.09. The lowest BCUT2D eigenvalue weighted by Crippen LogP contribution is -2.29. The first kappa shape index (κ1) is 13.2. The molecule has 0 aromatic heterocycles. The molecule has 3 rings (SSSR count). The third-order valence-corrected chi connectivity index (χ3v) is 3.82. The van der Waals surface area contributed by atoms with Crippen LogP contribution in [0.1, 0.15) is 26.3 Å². The maximum atomic E-state index is 12.3. The van der Waals surface area contributed by atoms with E-state index in [1.165, 1.54) is 11.0 Å². The lowest BCUT2D eigenvalue weighted by molar-refractivity contribution is 0.0642. The molecule has 0 atom stereocenters. The Morgan fingerprint density at radius 2 is 1.60 bits per heavy atom. The van der Waals surface area contributed by atoms with E-state index in [-0.39, 0.29) is 18.4 Å². The normalized spacial score (nSPS) is 13.8. The van der Waals surface area contributed by atoms with Crippen molar-refractivity contribution in [1.29, 1.82) is 0 Å². The zero-order chi connectivity index (χ0) is 14.3. The van der Waals surface area contributed by atoms with Gasteiger partial charge < -0.3 is 0 Å². The van der Waals surface area contributed by atoms with Crippen LogP contribution in [0.25, 0.3) is 0 Å². The molecule has 0 spiro atoms. The lowest BCUT2D eigenvalue weighted by atomic mass is 10.1. The van der Waals surface area contributed by atoms with Gasteiger partial charge in [0.1, 0.15) is 0 Å². The second kappa shape index (κ2) is 4.93. The van der Waals surface area contributed by atoms with Gasteiger partial charge in [-0.25, -0.2) is 0 Å². The van der Waals surface area contributed by atoms with Crippen LogP contribution in [0.15, 0.2) is 42.5 Å². The van der Waals surface area contributed by atoms with E-state index in [2.05, 4.69) is 0 Å². The van der Waals surface area contributed by atoms with Gasteiger partial charge >= 0.3 is 0 Å². The fourth-order valence-electron chi connectivity index (χ4n) is 2.20. The van der Waals surface area contributed by atoms with Crippen LogP contribution in [0, 0.1) is 0 Å². The van der Waals surface area contributed by atoms with Crippen LogP contribution in [0.5, 0.6) is 0 Å². The molecule has 0 aliphatic carbocycles. The van der Waals surface area contributed by atoms with Crippen molar-refractivity contribution in [3.63, 3.8) is 0 Å². The van der Waals surface area contributed by atoms with Crippen LogP contribution in [0.4, 0.5) is 0 Å². The first-order valence-corrected chi connectivity index (χ1v) is 6.72. The highest BCUT2D eigenvalue weighted by molar-refractivity contribution is 6.32. The number of halogens is 2. The molecule has 0 bridgehead atoms. The van der Waals surface area contributed by atoms with Gasteiger partial charge in [-0.2, -0.15) is 0 Å². The molecular weight excluding hydrogens is 297 g/mol. The molecule has 5 heteroatoms. The Morgan fingerprint density at radius 1 is 0.900 bits per heavy atom. The Morgan fingerprint density at radius 3 is 2.35 bits per heavy atom. The Balaban J connectivity index is 1.96. The van der Waals surface area contributed by atoms with Crippen molar-refractivity contribution in [1.82, 2.24) is 4.90 Å². The number of hydrogen-bond acceptors (Lipinski definition) is 2. The molecular formula is C15H9Cl2NO2. The lowest BCUT2D eigenvalue weighted by Gasteiger charge is -2.14. The number of rotatable bonds is 2. The number of imide groups is 1. The number of amides is 2. The van der Waals surface area contributed by atoms with E-state index in [1.54, 1.807) is 30.3 Å². The van der Waals surface area contributed by atoms with E-state index >= 15 is 0 Å². The van der Waals surface area contributed by atoms with Gasteiger partial charge in [0.2, 0.25) is 0 Å². The van der Waals surface area contributed by atoms with Gasteiger partial charge in [0.05, 0.1) is 17.7 Å². The molecule has 100 valence electrons. The van der Waals surface area contributed by atoms with E-state index in [1.807, 2.05) is 6.07 Å². The Labute approximate surface area is 125 Å². The van der Waals surface area contributed by atoms with Crippen molar-refractivity contribution in [2.45, 2.75) is 6.54 Å². The van der Waals surface area contributed by atoms with Crippen LogP contribution < -0.4 is 0 Å². The topological polar surface area (TPSA) is 37.4 Å². The van der Waals surface area contributed by atoms with Crippen LogP contribution >= 0.6 is 23.2 Å². The second-order valence-electron chi connectivity index (χ2n) is 4.48. The summed E-state index contributed by atoms with van der Waals surface area (Å²) in [5.41, 5.74) is 1.45. The average Bonchev–Trinajstić information content (AvgIpc) is 2.66. The predicted molar refractivity (Wildman–Crippen MR) is 77.1 cm³/mol. The van der Waals surface area contributed by atoms with E-state index in [9.17, 15) is 9.59 Å². The maximum absolute atomic E-state index is 12.3. The highest BCUT2D eigenvalue weighted by Gasteiger charge is 2.35. The highest BCUT2D eigenvalue weighted by atomic mass is 35.5. The molecule has 20 heavy (non-hydrogen) atoms. The van der Waals surface area contributed by atoms with Crippen molar-refractivity contribution in [2.24, 2.45) is 0 Å². The van der Waals surface area contributed by atoms with Crippen molar-refractivity contribution in [3.05, 3.63) is 69.2 Å². The van der Waals surface area contributed by atoms with Gasteiger partial charge in [0, 0.05) is 10.0 Å². The van der Waals surface area contributed by atoms with Crippen LogP contribution in [-0.4, -0.2) is 16.7 Å². The van der Waals surface area contributed by atoms with E-state index in [0.29, 0.717) is 21.2 Å². The van der Waals surface area contributed by atoms with E-state index in [0.717, 1.165) is 5.56 Å². The molecule has 1 aliphatic heterocycles. The molecule has 2 amide bonds. The zero-order valence-corrected chi connectivity index (χ0v) is 11.8. The predicted octanol–water partition coefficient (Wildman–Crippen LogP) is 3.79. The van der Waals surface area contributed by atoms with Gasteiger partial charge in [0.15, 0.2) is 0 Å².